The maximum atomic E-state index is 12.2. The summed E-state index contributed by atoms with van der Waals surface area (Å²) in [6.07, 6.45) is 6.60. The van der Waals surface area contributed by atoms with Crippen LogP contribution in [-0.4, -0.2) is 55.6 Å². The Hall–Kier alpha value is -2.08. The number of anilines is 1. The zero-order valence-corrected chi connectivity index (χ0v) is 15.5. The number of rotatable bonds is 6. The lowest BCUT2D eigenvalue weighted by molar-refractivity contribution is -0.117. The first-order valence-electron chi connectivity index (χ1n) is 9.84. The highest BCUT2D eigenvalue weighted by Crippen LogP contribution is 2.20. The van der Waals surface area contributed by atoms with Crippen molar-refractivity contribution in [3.63, 3.8) is 0 Å². The van der Waals surface area contributed by atoms with Crippen molar-refractivity contribution in [2.45, 2.75) is 44.6 Å². The molecule has 1 unspecified atom stereocenters. The van der Waals surface area contributed by atoms with Gasteiger partial charge in [0, 0.05) is 25.2 Å². The molecule has 0 aliphatic carbocycles. The van der Waals surface area contributed by atoms with Gasteiger partial charge in [-0.25, -0.2) is 4.79 Å². The molecule has 1 atom stereocenters. The topological polar surface area (TPSA) is 64.7 Å². The first-order valence-corrected chi connectivity index (χ1v) is 9.84. The predicted octanol–water partition coefficient (Wildman–Crippen LogP) is 2.36. The van der Waals surface area contributed by atoms with Crippen molar-refractivity contribution in [2.75, 3.05) is 37.6 Å². The van der Waals surface area contributed by atoms with E-state index in [1.807, 2.05) is 30.3 Å². The third kappa shape index (κ3) is 5.46. The van der Waals surface area contributed by atoms with E-state index >= 15 is 0 Å². The Bertz CT molecular complexity index is 585. The van der Waals surface area contributed by atoms with Crippen LogP contribution in [0.25, 0.3) is 0 Å². The fraction of sp³-hybridized carbons (Fsp3) is 0.600. The summed E-state index contributed by atoms with van der Waals surface area (Å²) in [4.78, 5) is 28.5. The van der Waals surface area contributed by atoms with E-state index < -0.39 is 0 Å². The molecule has 2 aliphatic heterocycles. The number of nitrogens with one attached hydrogen (secondary N) is 2. The number of carbonyl (C=O) groups excluding carboxylic acids is 2. The smallest absolute Gasteiger partial charge is 0.315 e. The number of nitrogens with zero attached hydrogens (tertiary/aromatic N) is 2. The van der Waals surface area contributed by atoms with E-state index in [9.17, 15) is 9.59 Å². The van der Waals surface area contributed by atoms with E-state index in [0.29, 0.717) is 19.5 Å². The van der Waals surface area contributed by atoms with Gasteiger partial charge >= 0.3 is 6.03 Å². The van der Waals surface area contributed by atoms with E-state index in [-0.39, 0.29) is 18.0 Å². The van der Waals surface area contributed by atoms with Crippen LogP contribution in [0.4, 0.5) is 10.5 Å². The largest absolute Gasteiger partial charge is 0.338 e. The van der Waals surface area contributed by atoms with Crippen LogP contribution in [-0.2, 0) is 4.79 Å². The first-order chi connectivity index (χ1) is 12.7. The fourth-order valence-electron chi connectivity index (χ4n) is 3.76. The summed E-state index contributed by atoms with van der Waals surface area (Å²) in [6, 6.07) is 9.30. The zero-order chi connectivity index (χ0) is 18.2. The molecule has 2 aliphatic rings. The molecule has 0 spiro atoms. The second kappa shape index (κ2) is 9.57. The van der Waals surface area contributed by atoms with Crippen molar-refractivity contribution in [1.82, 2.24) is 15.5 Å². The van der Waals surface area contributed by atoms with Crippen LogP contribution >= 0.6 is 0 Å². The number of para-hydroxylation sites is 1. The van der Waals surface area contributed by atoms with E-state index in [1.165, 1.54) is 38.8 Å². The van der Waals surface area contributed by atoms with E-state index in [1.54, 1.807) is 4.90 Å². The van der Waals surface area contributed by atoms with E-state index in [4.69, 9.17) is 0 Å². The summed E-state index contributed by atoms with van der Waals surface area (Å²) in [6.45, 7) is 4.62. The lowest BCUT2D eigenvalue weighted by Gasteiger charge is -2.20. The van der Waals surface area contributed by atoms with Crippen molar-refractivity contribution in [3.8, 4) is 0 Å². The van der Waals surface area contributed by atoms with Crippen molar-refractivity contribution >= 4 is 17.6 Å². The monoisotopic (exact) mass is 358 g/mol. The van der Waals surface area contributed by atoms with Crippen LogP contribution in [0.15, 0.2) is 30.3 Å². The standard InChI is InChI=1S/C20H30N4O2/c25-19-15-17(16-24(19)18-9-4-3-5-10-18)22-20(26)21-11-8-14-23-12-6-1-2-7-13-23/h3-5,9-10,17H,1-2,6-8,11-16H2,(H2,21,22,26). The molecule has 0 radical (unpaired) electrons. The van der Waals surface area contributed by atoms with Crippen LogP contribution < -0.4 is 15.5 Å². The van der Waals surface area contributed by atoms with Crippen molar-refractivity contribution in [1.29, 1.82) is 0 Å². The molecule has 1 aromatic carbocycles. The molecule has 2 saturated heterocycles. The van der Waals surface area contributed by atoms with Crippen molar-refractivity contribution < 1.29 is 9.59 Å². The van der Waals surface area contributed by atoms with Crippen LogP contribution in [0, 0.1) is 0 Å². The Morgan fingerprint density at radius 2 is 1.81 bits per heavy atom. The van der Waals surface area contributed by atoms with Gasteiger partial charge in [0.25, 0.3) is 0 Å². The normalized spacial score (nSPS) is 21.5. The second-order valence-electron chi connectivity index (χ2n) is 7.25. The molecule has 6 nitrogen and oxygen atoms in total. The van der Waals surface area contributed by atoms with E-state index in [2.05, 4.69) is 15.5 Å². The molecule has 0 bridgehead atoms. The summed E-state index contributed by atoms with van der Waals surface area (Å²) < 4.78 is 0. The van der Waals surface area contributed by atoms with Gasteiger partial charge in [-0.3, -0.25) is 4.79 Å². The van der Waals surface area contributed by atoms with Gasteiger partial charge in [0.15, 0.2) is 0 Å². The lowest BCUT2D eigenvalue weighted by Crippen LogP contribution is -2.44. The first kappa shape index (κ1) is 18.7. The van der Waals surface area contributed by atoms with Crippen LogP contribution in [0.3, 0.4) is 0 Å². The summed E-state index contributed by atoms with van der Waals surface area (Å²) in [5, 5.41) is 5.86. The van der Waals surface area contributed by atoms with Gasteiger partial charge < -0.3 is 20.4 Å². The highest BCUT2D eigenvalue weighted by molar-refractivity contribution is 5.96. The molecule has 3 rings (SSSR count). The van der Waals surface area contributed by atoms with Gasteiger partial charge in [0.05, 0.1) is 6.04 Å². The molecule has 6 heteroatoms. The Balaban J connectivity index is 1.34. The van der Waals surface area contributed by atoms with Gasteiger partial charge in [0.1, 0.15) is 0 Å². The number of carbonyl (C=O) groups is 2. The van der Waals surface area contributed by atoms with E-state index in [0.717, 1.165) is 18.7 Å². The average Bonchev–Trinajstić information content (AvgIpc) is 2.84. The molecular weight excluding hydrogens is 328 g/mol. The highest BCUT2D eigenvalue weighted by atomic mass is 16.2. The van der Waals surface area contributed by atoms with Crippen LogP contribution in [0.5, 0.6) is 0 Å². The number of amides is 3. The van der Waals surface area contributed by atoms with Gasteiger partial charge in [-0.15, -0.1) is 0 Å². The summed E-state index contributed by atoms with van der Waals surface area (Å²) >= 11 is 0. The van der Waals surface area contributed by atoms with Gasteiger partial charge in [0.2, 0.25) is 5.91 Å². The molecule has 26 heavy (non-hydrogen) atoms. The third-order valence-corrected chi connectivity index (χ3v) is 5.16. The van der Waals surface area contributed by atoms with Gasteiger partial charge in [-0.1, -0.05) is 31.0 Å². The Morgan fingerprint density at radius 3 is 2.54 bits per heavy atom. The SMILES string of the molecule is O=C(NCCCN1CCCCCC1)NC1CC(=O)N(c2ccccc2)C1. The Labute approximate surface area is 155 Å². The summed E-state index contributed by atoms with van der Waals surface area (Å²) in [5.74, 6) is 0.0580. The molecule has 142 valence electrons. The number of hydrogen-bond acceptors (Lipinski definition) is 3. The molecule has 3 amide bonds. The predicted molar refractivity (Wildman–Crippen MR) is 103 cm³/mol. The summed E-state index contributed by atoms with van der Waals surface area (Å²) in [5.41, 5.74) is 0.889. The molecule has 2 heterocycles. The van der Waals surface area contributed by atoms with Crippen molar-refractivity contribution in [2.24, 2.45) is 0 Å². The fourth-order valence-corrected chi connectivity index (χ4v) is 3.76. The maximum absolute atomic E-state index is 12.2. The minimum atomic E-state index is -0.173. The molecule has 2 fully saturated rings. The van der Waals surface area contributed by atoms with Gasteiger partial charge in [-0.05, 0) is 51.0 Å². The molecule has 0 saturated carbocycles. The minimum Gasteiger partial charge on any atom is -0.338 e. The molecule has 1 aromatic rings. The number of hydrogen-bond donors (Lipinski definition) is 2. The Morgan fingerprint density at radius 1 is 1.08 bits per heavy atom. The summed E-state index contributed by atoms with van der Waals surface area (Å²) in [7, 11) is 0. The number of benzene rings is 1. The minimum absolute atomic E-state index is 0.0580. The molecule has 2 N–H and O–H groups in total. The quantitative estimate of drug-likeness (QED) is 0.767. The second-order valence-corrected chi connectivity index (χ2v) is 7.25. The number of likely N-dealkylation sites (tertiary alicyclic amines) is 1. The van der Waals surface area contributed by atoms with Crippen LogP contribution in [0.2, 0.25) is 0 Å². The van der Waals surface area contributed by atoms with Gasteiger partial charge in [-0.2, -0.15) is 0 Å². The maximum Gasteiger partial charge on any atom is 0.315 e. The zero-order valence-electron chi connectivity index (χ0n) is 15.5. The van der Waals surface area contributed by atoms with Crippen molar-refractivity contribution in [3.05, 3.63) is 30.3 Å². The average molecular weight is 358 g/mol. The number of urea groups is 1. The third-order valence-electron chi connectivity index (χ3n) is 5.16. The lowest BCUT2D eigenvalue weighted by atomic mass is 10.2. The molecular formula is C20H30N4O2. The highest BCUT2D eigenvalue weighted by Gasteiger charge is 2.31. The Kier molecular flexibility index (Phi) is 6.89. The molecule has 0 aromatic heterocycles. The van der Waals surface area contributed by atoms with Crippen LogP contribution in [0.1, 0.15) is 38.5 Å².